The average molecular weight is 335 g/mol. The quantitative estimate of drug-likeness (QED) is 0.552. The van der Waals surface area contributed by atoms with Crippen LogP contribution in [0.3, 0.4) is 0 Å². The molecule has 0 saturated heterocycles. The number of carbonyl (C=O) groups excluding carboxylic acids is 1. The Kier molecular flexibility index (Phi) is 9.03. The van der Waals surface area contributed by atoms with Gasteiger partial charge >= 0.3 is 0 Å². The first kappa shape index (κ1) is 20.1. The first-order chi connectivity index (χ1) is 10.3. The van der Waals surface area contributed by atoms with Crippen LogP contribution in [0.4, 0.5) is 0 Å². The molecule has 0 saturated carbocycles. The van der Waals surface area contributed by atoms with Gasteiger partial charge in [0.25, 0.3) is 6.47 Å². The van der Waals surface area contributed by atoms with E-state index in [1.54, 1.807) is 13.1 Å². The van der Waals surface area contributed by atoms with Gasteiger partial charge in [-0.2, -0.15) is 0 Å². The lowest BCUT2D eigenvalue weighted by atomic mass is 10.4. The van der Waals surface area contributed by atoms with Crippen molar-refractivity contribution in [3.8, 4) is 0 Å². The highest BCUT2D eigenvalue weighted by Crippen LogP contribution is 2.04. The minimum Gasteiger partial charge on any atom is -0.483 e. The highest BCUT2D eigenvalue weighted by molar-refractivity contribution is 7.92. The summed E-state index contributed by atoms with van der Waals surface area (Å²) in [5, 5.41) is 15.8. The Morgan fingerprint density at radius 3 is 2.50 bits per heavy atom. The second-order valence-corrected chi connectivity index (χ2v) is 6.67. The molecule has 0 aliphatic rings. The number of aromatic nitrogens is 2. The summed E-state index contributed by atoms with van der Waals surface area (Å²) in [6, 6.07) is 0. The van der Waals surface area contributed by atoms with Gasteiger partial charge in [0, 0.05) is 12.3 Å². The summed E-state index contributed by atoms with van der Waals surface area (Å²) in [4.78, 5) is 28.6. The zero-order chi connectivity index (χ0) is 17.2. The largest absolute Gasteiger partial charge is 0.483 e. The molecule has 0 fully saturated rings. The number of rotatable bonds is 7. The maximum Gasteiger partial charge on any atom is 0.290 e. The highest BCUT2D eigenvalue weighted by Gasteiger charge is 2.20. The van der Waals surface area contributed by atoms with Crippen LogP contribution in [0.5, 0.6) is 0 Å². The third kappa shape index (κ3) is 7.74. The molecule has 0 bridgehead atoms. The molecule has 10 heteroatoms. The van der Waals surface area contributed by atoms with E-state index < -0.39 is 21.5 Å². The van der Waals surface area contributed by atoms with Crippen LogP contribution in [0.2, 0.25) is 0 Å². The molecule has 0 aliphatic heterocycles. The summed E-state index contributed by atoms with van der Waals surface area (Å²) in [5.74, 6) is -0.401. The number of aliphatic hydroxyl groups excluding tert-OH is 1. The van der Waals surface area contributed by atoms with E-state index in [-0.39, 0.29) is 31.9 Å². The molecule has 22 heavy (non-hydrogen) atoms. The first-order valence-corrected chi connectivity index (χ1v) is 8.29. The maximum absolute atomic E-state index is 11.9. The van der Waals surface area contributed by atoms with Crippen molar-refractivity contribution in [2.75, 3.05) is 24.7 Å². The van der Waals surface area contributed by atoms with E-state index in [1.807, 2.05) is 0 Å². The van der Waals surface area contributed by atoms with Gasteiger partial charge in [-0.25, -0.2) is 13.4 Å². The Morgan fingerprint density at radius 2 is 2.09 bits per heavy atom. The van der Waals surface area contributed by atoms with Crippen LogP contribution in [0, 0.1) is 6.92 Å². The lowest BCUT2D eigenvalue weighted by Crippen LogP contribution is -2.37. The molecule has 1 aromatic heterocycles. The Labute approximate surface area is 128 Å². The number of aliphatic hydroxyl groups is 1. The third-order valence-corrected chi connectivity index (χ3v) is 4.19. The molecule has 0 radical (unpaired) electrons. The number of nitrogens with zero attached hydrogens (tertiary/aromatic N) is 2. The lowest BCUT2D eigenvalue weighted by molar-refractivity contribution is -0.129. The fourth-order valence-electron chi connectivity index (χ4n) is 1.55. The van der Waals surface area contributed by atoms with Crippen molar-refractivity contribution in [1.29, 1.82) is 0 Å². The molecule has 0 atom stereocenters. The van der Waals surface area contributed by atoms with Crippen molar-refractivity contribution in [1.82, 2.24) is 14.9 Å². The van der Waals surface area contributed by atoms with Crippen LogP contribution < -0.4 is 0 Å². The Balaban J connectivity index is 0.00000135. The van der Waals surface area contributed by atoms with Crippen LogP contribution in [0.1, 0.15) is 18.4 Å². The van der Waals surface area contributed by atoms with E-state index in [1.165, 1.54) is 11.8 Å². The zero-order valence-corrected chi connectivity index (χ0v) is 13.3. The molecule has 1 aromatic rings. The van der Waals surface area contributed by atoms with Gasteiger partial charge in [0.2, 0.25) is 5.91 Å². The molecule has 0 aromatic carbocycles. The van der Waals surface area contributed by atoms with E-state index in [4.69, 9.17) is 15.0 Å². The number of H-pyrrole nitrogens is 1. The number of nitrogens with one attached hydrogen (secondary N) is 1. The number of imidazole rings is 1. The van der Waals surface area contributed by atoms with Crippen LogP contribution in [0.25, 0.3) is 0 Å². The van der Waals surface area contributed by atoms with E-state index in [9.17, 15) is 13.2 Å². The molecule has 0 spiro atoms. The SMILES string of the molecule is CCS(=O)(=O)CC(=O)N(CCO)Cc1cnc(C)[nH]1.O=CO. The van der Waals surface area contributed by atoms with Gasteiger partial charge in [0.15, 0.2) is 9.84 Å². The number of amides is 1. The molecular formula is C12H21N3O6S. The predicted molar refractivity (Wildman–Crippen MR) is 78.8 cm³/mol. The summed E-state index contributed by atoms with van der Waals surface area (Å²) in [6.07, 6.45) is 1.58. The lowest BCUT2D eigenvalue weighted by Gasteiger charge is -2.20. The zero-order valence-electron chi connectivity index (χ0n) is 12.5. The van der Waals surface area contributed by atoms with E-state index in [2.05, 4.69) is 9.97 Å². The molecular weight excluding hydrogens is 314 g/mol. The second kappa shape index (κ2) is 9.90. The fraction of sp³-hybridized carbons (Fsp3) is 0.583. The Hall–Kier alpha value is -1.94. The summed E-state index contributed by atoms with van der Waals surface area (Å²) in [6.45, 7) is 3.11. The molecule has 3 N–H and O–H groups in total. The normalized spacial score (nSPS) is 10.5. The van der Waals surface area contributed by atoms with Gasteiger partial charge in [-0.05, 0) is 6.92 Å². The average Bonchev–Trinajstić information content (AvgIpc) is 2.84. The third-order valence-electron chi connectivity index (χ3n) is 2.62. The number of carboxylic acid groups (broad SMARTS) is 1. The summed E-state index contributed by atoms with van der Waals surface area (Å²) >= 11 is 0. The topological polar surface area (TPSA) is 141 Å². The number of hydrogen-bond donors (Lipinski definition) is 3. The molecule has 1 amide bonds. The van der Waals surface area contributed by atoms with Crippen LogP contribution in [0.15, 0.2) is 6.20 Å². The van der Waals surface area contributed by atoms with Crippen LogP contribution in [-0.4, -0.2) is 70.5 Å². The van der Waals surface area contributed by atoms with E-state index in [0.29, 0.717) is 11.5 Å². The monoisotopic (exact) mass is 335 g/mol. The number of aromatic amines is 1. The summed E-state index contributed by atoms with van der Waals surface area (Å²) in [5.41, 5.74) is 0.702. The Bertz CT molecular complexity index is 569. The molecule has 1 rings (SSSR count). The van der Waals surface area contributed by atoms with Gasteiger partial charge in [-0.15, -0.1) is 0 Å². The molecule has 9 nitrogen and oxygen atoms in total. The van der Waals surface area contributed by atoms with Crippen molar-refractivity contribution in [2.45, 2.75) is 20.4 Å². The van der Waals surface area contributed by atoms with Gasteiger partial charge in [0.05, 0.1) is 25.0 Å². The van der Waals surface area contributed by atoms with Crippen LogP contribution in [-0.2, 0) is 26.0 Å². The number of sulfone groups is 1. The summed E-state index contributed by atoms with van der Waals surface area (Å²) < 4.78 is 22.9. The standard InChI is InChI=1S/C11H19N3O4S.CH2O2/c1-3-19(17,18)8-11(16)14(4-5-15)7-10-6-12-9(2)13-10;2-1-3/h6,15H,3-5,7-8H2,1-2H3,(H,12,13);1H,(H,2,3). The van der Waals surface area contributed by atoms with Crippen molar-refractivity contribution in [3.05, 3.63) is 17.7 Å². The highest BCUT2D eigenvalue weighted by atomic mass is 32.2. The molecule has 1 heterocycles. The maximum atomic E-state index is 11.9. The fourth-order valence-corrected chi connectivity index (χ4v) is 2.31. The Morgan fingerprint density at radius 1 is 1.50 bits per heavy atom. The summed E-state index contributed by atoms with van der Waals surface area (Å²) in [7, 11) is -3.37. The van der Waals surface area contributed by atoms with Crippen molar-refractivity contribution < 1.29 is 28.2 Å². The second-order valence-electron chi connectivity index (χ2n) is 4.31. The molecule has 0 aliphatic carbocycles. The van der Waals surface area contributed by atoms with E-state index >= 15 is 0 Å². The van der Waals surface area contributed by atoms with Crippen LogP contribution >= 0.6 is 0 Å². The molecule has 126 valence electrons. The van der Waals surface area contributed by atoms with Crippen molar-refractivity contribution >= 4 is 22.2 Å². The number of aryl methyl sites for hydroxylation is 1. The van der Waals surface area contributed by atoms with Gasteiger partial charge in [0.1, 0.15) is 11.6 Å². The minimum atomic E-state index is -3.37. The van der Waals surface area contributed by atoms with Gasteiger partial charge in [-0.1, -0.05) is 6.92 Å². The minimum absolute atomic E-state index is 0.0745. The first-order valence-electron chi connectivity index (χ1n) is 6.47. The van der Waals surface area contributed by atoms with E-state index in [0.717, 1.165) is 0 Å². The number of hydrogen-bond acceptors (Lipinski definition) is 6. The van der Waals surface area contributed by atoms with Crippen molar-refractivity contribution in [3.63, 3.8) is 0 Å². The predicted octanol–water partition coefficient (Wildman–Crippen LogP) is -0.825. The molecule has 0 unspecified atom stereocenters. The van der Waals surface area contributed by atoms with Gasteiger partial charge in [-0.3, -0.25) is 9.59 Å². The van der Waals surface area contributed by atoms with Gasteiger partial charge < -0.3 is 20.1 Å². The smallest absolute Gasteiger partial charge is 0.290 e. The number of carbonyl (C=O) groups is 2. The van der Waals surface area contributed by atoms with Crippen molar-refractivity contribution in [2.24, 2.45) is 0 Å².